The van der Waals surface area contributed by atoms with Crippen LogP contribution in [-0.2, 0) is 5.41 Å². The second-order valence-electron chi connectivity index (χ2n) is 8.57. The van der Waals surface area contributed by atoms with Gasteiger partial charge in [0.15, 0.2) is 0 Å². The van der Waals surface area contributed by atoms with Crippen LogP contribution in [0.1, 0.15) is 26.3 Å². The van der Waals surface area contributed by atoms with Crippen LogP contribution in [-0.4, -0.2) is 4.98 Å². The van der Waals surface area contributed by atoms with Crippen molar-refractivity contribution in [3.63, 3.8) is 0 Å². The number of benzene rings is 3. The van der Waals surface area contributed by atoms with Crippen molar-refractivity contribution in [2.45, 2.75) is 26.2 Å². The summed E-state index contributed by atoms with van der Waals surface area (Å²) in [6, 6.07) is 27.4. The summed E-state index contributed by atoms with van der Waals surface area (Å²) in [4.78, 5) is 4.68. The van der Waals surface area contributed by atoms with Gasteiger partial charge in [0.05, 0.1) is 5.69 Å². The summed E-state index contributed by atoms with van der Waals surface area (Å²) >= 11 is 0. The highest BCUT2D eigenvalue weighted by Crippen LogP contribution is 2.35. The van der Waals surface area contributed by atoms with Crippen molar-refractivity contribution in [1.82, 2.24) is 4.98 Å². The smallest absolute Gasteiger partial charge is 0.135 e. The molecule has 2 heteroatoms. The first kappa shape index (κ1) is 17.7. The van der Waals surface area contributed by atoms with Crippen LogP contribution in [0.2, 0.25) is 0 Å². The summed E-state index contributed by atoms with van der Waals surface area (Å²) in [5.41, 5.74) is 5.41. The van der Waals surface area contributed by atoms with Gasteiger partial charge in [0.2, 0.25) is 0 Å². The normalized spacial score (nSPS) is 12.0. The van der Waals surface area contributed by atoms with E-state index >= 15 is 0 Å². The van der Waals surface area contributed by atoms with Crippen molar-refractivity contribution in [2.24, 2.45) is 0 Å². The molecule has 2 heterocycles. The Bertz CT molecular complexity index is 1300. The Morgan fingerprint density at radius 2 is 1.48 bits per heavy atom. The van der Waals surface area contributed by atoms with Crippen LogP contribution < -0.4 is 0 Å². The van der Waals surface area contributed by atoms with Gasteiger partial charge in [0, 0.05) is 22.7 Å². The van der Waals surface area contributed by atoms with Gasteiger partial charge in [-0.25, -0.2) is 0 Å². The zero-order valence-corrected chi connectivity index (χ0v) is 16.9. The van der Waals surface area contributed by atoms with E-state index in [0.717, 1.165) is 33.6 Å². The molecule has 29 heavy (non-hydrogen) atoms. The van der Waals surface area contributed by atoms with E-state index in [9.17, 15) is 0 Å². The van der Waals surface area contributed by atoms with Gasteiger partial charge in [-0.2, -0.15) is 0 Å². The molecular formula is C27H23NO. The van der Waals surface area contributed by atoms with E-state index in [1.54, 1.807) is 0 Å². The maximum absolute atomic E-state index is 6.07. The van der Waals surface area contributed by atoms with Crippen molar-refractivity contribution >= 4 is 21.7 Å². The van der Waals surface area contributed by atoms with Crippen molar-refractivity contribution < 1.29 is 4.42 Å². The second kappa shape index (κ2) is 6.59. The molecule has 0 amide bonds. The van der Waals surface area contributed by atoms with Crippen molar-refractivity contribution in [3.8, 4) is 22.6 Å². The van der Waals surface area contributed by atoms with E-state index in [-0.39, 0.29) is 5.41 Å². The molecule has 0 N–H and O–H groups in total. The van der Waals surface area contributed by atoms with Gasteiger partial charge in [-0.1, -0.05) is 63.2 Å². The van der Waals surface area contributed by atoms with E-state index in [2.05, 4.69) is 80.4 Å². The molecule has 0 radical (unpaired) electrons. The van der Waals surface area contributed by atoms with Crippen LogP contribution in [0.25, 0.3) is 44.3 Å². The van der Waals surface area contributed by atoms with E-state index in [4.69, 9.17) is 4.42 Å². The summed E-state index contributed by atoms with van der Waals surface area (Å²) in [5.74, 6) is 0.867. The number of para-hydroxylation sites is 1. The van der Waals surface area contributed by atoms with Crippen LogP contribution in [0.3, 0.4) is 0 Å². The molecule has 0 aliphatic carbocycles. The predicted molar refractivity (Wildman–Crippen MR) is 121 cm³/mol. The highest BCUT2D eigenvalue weighted by atomic mass is 16.3. The summed E-state index contributed by atoms with van der Waals surface area (Å²) in [6.07, 6.45) is 1.86. The number of aromatic nitrogens is 1. The third kappa shape index (κ3) is 3.21. The number of pyridine rings is 1. The van der Waals surface area contributed by atoms with Gasteiger partial charge in [0.25, 0.3) is 0 Å². The van der Waals surface area contributed by atoms with E-state index in [0.29, 0.717) is 0 Å². The van der Waals surface area contributed by atoms with Crippen molar-refractivity contribution in [1.29, 1.82) is 0 Å². The van der Waals surface area contributed by atoms with Gasteiger partial charge < -0.3 is 4.42 Å². The minimum absolute atomic E-state index is 0.0476. The van der Waals surface area contributed by atoms with Gasteiger partial charge in [0.1, 0.15) is 11.3 Å². The fraction of sp³-hybridized carbons (Fsp3) is 0.148. The van der Waals surface area contributed by atoms with E-state index in [1.165, 1.54) is 16.3 Å². The fourth-order valence-electron chi connectivity index (χ4n) is 3.94. The lowest BCUT2D eigenvalue weighted by Crippen LogP contribution is -2.12. The largest absolute Gasteiger partial charge is 0.456 e. The maximum atomic E-state index is 6.07. The highest BCUT2D eigenvalue weighted by Gasteiger charge is 2.19. The number of nitrogens with zero attached hydrogens (tertiary/aromatic N) is 1. The van der Waals surface area contributed by atoms with Crippen LogP contribution in [0.4, 0.5) is 0 Å². The first-order valence-electron chi connectivity index (χ1n) is 9.98. The Kier molecular flexibility index (Phi) is 4.02. The minimum Gasteiger partial charge on any atom is -0.456 e. The van der Waals surface area contributed by atoms with Gasteiger partial charge in [-0.3, -0.25) is 4.98 Å². The average Bonchev–Trinajstić information content (AvgIpc) is 3.17. The molecule has 0 unspecified atom stereocenters. The molecule has 5 aromatic rings. The van der Waals surface area contributed by atoms with E-state index in [1.807, 2.05) is 30.5 Å². The number of furan rings is 1. The van der Waals surface area contributed by atoms with Gasteiger partial charge >= 0.3 is 0 Å². The number of hydrogen-bond acceptors (Lipinski definition) is 2. The summed E-state index contributed by atoms with van der Waals surface area (Å²) < 4.78 is 6.07. The van der Waals surface area contributed by atoms with Gasteiger partial charge in [-0.05, 0) is 58.1 Å². The molecule has 3 aromatic carbocycles. The quantitative estimate of drug-likeness (QED) is 0.316. The SMILES string of the molecule is CC(C)(C)c1cc(-c2cc(-c3cc4ccccc4o3)ccn2)cc2ccccc12. The lowest BCUT2D eigenvalue weighted by molar-refractivity contribution is 0.596. The number of fused-ring (bicyclic) bond motifs is 2. The number of hydrogen-bond donors (Lipinski definition) is 0. The summed E-state index contributed by atoms with van der Waals surface area (Å²) in [5, 5.41) is 3.66. The molecule has 0 atom stereocenters. The molecule has 2 aromatic heterocycles. The van der Waals surface area contributed by atoms with Crippen LogP contribution in [0.5, 0.6) is 0 Å². The molecule has 142 valence electrons. The zero-order valence-electron chi connectivity index (χ0n) is 16.9. The van der Waals surface area contributed by atoms with Crippen LogP contribution >= 0.6 is 0 Å². The lowest BCUT2D eigenvalue weighted by Gasteiger charge is -2.22. The summed E-state index contributed by atoms with van der Waals surface area (Å²) in [7, 11) is 0. The average molecular weight is 377 g/mol. The van der Waals surface area contributed by atoms with E-state index < -0.39 is 0 Å². The Balaban J connectivity index is 1.67. The standard InChI is InChI=1S/C27H23NO/c1-27(2,3)23-15-21(14-18-8-4-6-10-22(18)23)24-16-20(12-13-28-24)26-17-19-9-5-7-11-25(19)29-26/h4-17H,1-3H3. The fourth-order valence-corrected chi connectivity index (χ4v) is 3.94. The minimum atomic E-state index is 0.0476. The molecule has 2 nitrogen and oxygen atoms in total. The predicted octanol–water partition coefficient (Wildman–Crippen LogP) is 7.61. The first-order chi connectivity index (χ1) is 14.0. The molecule has 0 aliphatic rings. The molecule has 0 bridgehead atoms. The molecule has 5 rings (SSSR count). The van der Waals surface area contributed by atoms with Crippen molar-refractivity contribution in [3.05, 3.63) is 90.6 Å². The number of rotatable bonds is 2. The zero-order chi connectivity index (χ0) is 20.0. The molecule has 0 saturated heterocycles. The monoisotopic (exact) mass is 377 g/mol. The third-order valence-electron chi connectivity index (χ3n) is 5.44. The van der Waals surface area contributed by atoms with Crippen molar-refractivity contribution in [2.75, 3.05) is 0 Å². The second-order valence-corrected chi connectivity index (χ2v) is 8.57. The Morgan fingerprint density at radius 1 is 0.724 bits per heavy atom. The molecule has 0 aliphatic heterocycles. The van der Waals surface area contributed by atoms with Crippen LogP contribution in [0, 0.1) is 0 Å². The summed E-state index contributed by atoms with van der Waals surface area (Å²) in [6.45, 7) is 6.78. The Morgan fingerprint density at radius 3 is 2.28 bits per heavy atom. The molecule has 0 saturated carbocycles. The topological polar surface area (TPSA) is 26.0 Å². The molecule has 0 fully saturated rings. The Labute approximate surface area is 170 Å². The maximum Gasteiger partial charge on any atom is 0.135 e. The molecular weight excluding hydrogens is 354 g/mol. The van der Waals surface area contributed by atoms with Crippen LogP contribution in [0.15, 0.2) is 89.5 Å². The lowest BCUT2D eigenvalue weighted by atomic mass is 9.82. The highest BCUT2D eigenvalue weighted by molar-refractivity contribution is 5.91. The third-order valence-corrected chi connectivity index (χ3v) is 5.44. The molecule has 0 spiro atoms. The Hall–Kier alpha value is -3.39. The van der Waals surface area contributed by atoms with Gasteiger partial charge in [-0.15, -0.1) is 0 Å². The first-order valence-corrected chi connectivity index (χ1v) is 9.98.